The van der Waals surface area contributed by atoms with E-state index in [1.165, 1.54) is 16.4 Å². The first kappa shape index (κ1) is 34.5. The number of hydrogen-bond donors (Lipinski definition) is 0. The lowest BCUT2D eigenvalue weighted by Gasteiger charge is -2.20. The molecular formula is C46H33B5N6. The van der Waals surface area contributed by atoms with E-state index in [2.05, 4.69) is 145 Å². The average molecular weight is 724 g/mol. The molecular weight excluding hydrogens is 691 g/mol. The Morgan fingerprint density at radius 3 is 1.70 bits per heavy atom. The molecule has 10 rings (SSSR count). The molecule has 0 fully saturated rings. The Morgan fingerprint density at radius 2 is 1.02 bits per heavy atom. The Balaban J connectivity index is 1.24. The molecule has 7 aromatic carbocycles. The van der Waals surface area contributed by atoms with Crippen LogP contribution in [-0.2, 0) is 0 Å². The molecule has 0 unspecified atom stereocenters. The highest BCUT2D eigenvalue weighted by Gasteiger charge is 2.23. The second-order valence-corrected chi connectivity index (χ2v) is 14.9. The van der Waals surface area contributed by atoms with Crippen LogP contribution in [-0.4, -0.2) is 63.3 Å². The summed E-state index contributed by atoms with van der Waals surface area (Å²) in [5, 5.41) is 15.5. The van der Waals surface area contributed by atoms with Crippen LogP contribution in [0.4, 0.5) is 0 Å². The van der Waals surface area contributed by atoms with E-state index < -0.39 is 0 Å². The number of benzene rings is 7. The molecule has 0 radical (unpaired) electrons. The largest absolute Gasteiger partial charge is 0.309 e. The second-order valence-electron chi connectivity index (χ2n) is 14.9. The number of para-hydroxylation sites is 3. The molecule has 57 heavy (non-hydrogen) atoms. The van der Waals surface area contributed by atoms with Gasteiger partial charge in [-0.05, 0) is 48.5 Å². The van der Waals surface area contributed by atoms with Gasteiger partial charge in [0.05, 0.1) is 33.3 Å². The Morgan fingerprint density at radius 1 is 0.456 bits per heavy atom. The summed E-state index contributed by atoms with van der Waals surface area (Å²) in [7, 11) is 10.8. The van der Waals surface area contributed by atoms with Crippen LogP contribution < -0.4 is 27.3 Å². The van der Waals surface area contributed by atoms with E-state index in [1.54, 1.807) is 0 Å². The van der Waals surface area contributed by atoms with Crippen molar-refractivity contribution in [1.29, 1.82) is 5.26 Å². The molecule has 262 valence electrons. The van der Waals surface area contributed by atoms with Crippen molar-refractivity contribution in [3.8, 4) is 51.6 Å². The molecule has 0 saturated heterocycles. The van der Waals surface area contributed by atoms with Gasteiger partial charge in [0, 0.05) is 43.9 Å². The monoisotopic (exact) mass is 724 g/mol. The molecule has 0 N–H and O–H groups in total. The molecule has 0 aliphatic heterocycles. The summed E-state index contributed by atoms with van der Waals surface area (Å²) in [6.07, 6.45) is 0. The van der Waals surface area contributed by atoms with E-state index >= 15 is 0 Å². The van der Waals surface area contributed by atoms with E-state index in [-0.39, 0.29) is 0 Å². The number of rotatable bonds is 5. The van der Waals surface area contributed by atoms with Crippen molar-refractivity contribution in [2.45, 2.75) is 0 Å². The van der Waals surface area contributed by atoms with E-state index in [1.807, 2.05) is 48.5 Å². The van der Waals surface area contributed by atoms with Gasteiger partial charge in [-0.15, -0.1) is 16.4 Å². The van der Waals surface area contributed by atoms with Crippen molar-refractivity contribution in [2.24, 2.45) is 0 Å². The maximum atomic E-state index is 11.0. The van der Waals surface area contributed by atoms with Gasteiger partial charge in [-0.1, -0.05) is 102 Å². The van der Waals surface area contributed by atoms with Crippen LogP contribution in [0.25, 0.3) is 89.2 Å². The summed E-state index contributed by atoms with van der Waals surface area (Å²) in [5.41, 5.74) is 15.5. The van der Waals surface area contributed by atoms with Gasteiger partial charge >= 0.3 is 0 Å². The fraction of sp³-hybridized carbons (Fsp3) is 0. The molecule has 0 spiro atoms. The lowest BCUT2D eigenvalue weighted by molar-refractivity contribution is 1.08. The van der Waals surface area contributed by atoms with Crippen LogP contribution in [0.1, 0.15) is 5.56 Å². The number of fused-ring (bicyclic) bond motifs is 7. The molecule has 0 aliphatic carbocycles. The fourth-order valence-electron chi connectivity index (χ4n) is 8.74. The van der Waals surface area contributed by atoms with Crippen molar-refractivity contribution in [3.63, 3.8) is 0 Å². The Bertz CT molecular complexity index is 3290. The second kappa shape index (κ2) is 13.3. The number of aromatic nitrogens is 5. The minimum Gasteiger partial charge on any atom is -0.309 e. The van der Waals surface area contributed by atoms with E-state index in [4.69, 9.17) is 15.0 Å². The van der Waals surface area contributed by atoms with Gasteiger partial charge in [0.15, 0.2) is 17.5 Å². The molecule has 11 heteroatoms. The van der Waals surface area contributed by atoms with Gasteiger partial charge in [-0.2, -0.15) is 5.26 Å². The third-order valence-corrected chi connectivity index (χ3v) is 12.0. The van der Waals surface area contributed by atoms with Crippen molar-refractivity contribution in [2.75, 3.05) is 0 Å². The standard InChI is InChI=1S/C46H33B5N6/c47-38-37(39(48)41(50)42(51)40(38)49)46-54-44(25-11-3-1-4-12-25)53-45(55-46)26-19-21-32(27(23-26)24-52)57-33-17-9-7-15-29(33)30-20-22-35-36(43(30)57)31-16-8-10-18-34(31)56(35)28-13-5-2-6-14-28/h1-23H,47-51H2. The lowest BCUT2D eigenvalue weighted by Crippen LogP contribution is -2.55. The summed E-state index contributed by atoms with van der Waals surface area (Å²) in [5.74, 6) is 1.74. The summed E-state index contributed by atoms with van der Waals surface area (Å²) in [6, 6.07) is 50.7. The highest BCUT2D eigenvalue weighted by Crippen LogP contribution is 2.42. The van der Waals surface area contributed by atoms with Crippen LogP contribution in [0.2, 0.25) is 0 Å². The van der Waals surface area contributed by atoms with Crippen LogP contribution in [0.5, 0.6) is 0 Å². The van der Waals surface area contributed by atoms with Crippen molar-refractivity contribution in [1.82, 2.24) is 24.1 Å². The van der Waals surface area contributed by atoms with Crippen molar-refractivity contribution >= 4 is 110 Å². The van der Waals surface area contributed by atoms with E-state index in [0.29, 0.717) is 23.0 Å². The first-order valence-corrected chi connectivity index (χ1v) is 19.3. The van der Waals surface area contributed by atoms with Gasteiger partial charge in [-0.25, -0.2) is 15.0 Å². The third kappa shape index (κ3) is 5.28. The first-order chi connectivity index (χ1) is 27.8. The molecule has 0 bridgehead atoms. The maximum Gasteiger partial charge on any atom is 0.164 e. The fourth-order valence-corrected chi connectivity index (χ4v) is 8.74. The van der Waals surface area contributed by atoms with E-state index in [0.717, 1.165) is 82.6 Å². The highest BCUT2D eigenvalue weighted by atomic mass is 15.0. The third-order valence-electron chi connectivity index (χ3n) is 12.0. The summed E-state index contributed by atoms with van der Waals surface area (Å²) < 4.78 is 4.61. The zero-order valence-electron chi connectivity index (χ0n) is 32.5. The Hall–Kier alpha value is -7.04. The smallest absolute Gasteiger partial charge is 0.164 e. The van der Waals surface area contributed by atoms with Crippen LogP contribution in [0, 0.1) is 11.3 Å². The van der Waals surface area contributed by atoms with E-state index in [9.17, 15) is 5.26 Å². The SMILES string of the molecule is Bc1c(B)c(B)c(-c2nc(-c3ccccc3)nc(-c3ccc(-n4c5ccccc5c5ccc6c(c7ccccc7n6-c6ccccc6)c54)c(C#N)c3)n2)c(B)c1B. The molecule has 0 aliphatic rings. The van der Waals surface area contributed by atoms with Gasteiger partial charge in [0.25, 0.3) is 0 Å². The number of nitriles is 1. The molecule has 0 saturated carbocycles. The summed E-state index contributed by atoms with van der Waals surface area (Å²) >= 11 is 0. The lowest BCUT2D eigenvalue weighted by atomic mass is 9.60. The predicted octanol–water partition coefficient (Wildman–Crippen LogP) is 2.23. The van der Waals surface area contributed by atoms with Crippen LogP contribution in [0.3, 0.4) is 0 Å². The number of hydrogen-bond acceptors (Lipinski definition) is 4. The maximum absolute atomic E-state index is 11.0. The molecule has 6 nitrogen and oxygen atoms in total. The van der Waals surface area contributed by atoms with Crippen LogP contribution >= 0.6 is 0 Å². The summed E-state index contributed by atoms with van der Waals surface area (Å²) in [6.45, 7) is 0. The van der Waals surface area contributed by atoms with Crippen LogP contribution in [0.15, 0.2) is 140 Å². The molecule has 10 aromatic rings. The minimum absolute atomic E-state index is 0.520. The summed E-state index contributed by atoms with van der Waals surface area (Å²) in [4.78, 5) is 15.3. The average Bonchev–Trinajstić information content (AvgIpc) is 3.78. The number of nitrogens with zero attached hydrogens (tertiary/aromatic N) is 6. The molecule has 3 aromatic heterocycles. The normalized spacial score (nSPS) is 11.5. The molecule has 0 amide bonds. The van der Waals surface area contributed by atoms with Gasteiger partial charge in [-0.3, -0.25) is 0 Å². The van der Waals surface area contributed by atoms with Crippen molar-refractivity contribution < 1.29 is 0 Å². The molecule has 0 atom stereocenters. The zero-order chi connectivity index (χ0) is 38.9. The Labute approximate surface area is 334 Å². The first-order valence-electron chi connectivity index (χ1n) is 19.3. The topological polar surface area (TPSA) is 72.3 Å². The van der Waals surface area contributed by atoms with Gasteiger partial charge < -0.3 is 9.13 Å². The Kier molecular flexibility index (Phi) is 8.05. The van der Waals surface area contributed by atoms with Crippen molar-refractivity contribution in [3.05, 3.63) is 145 Å². The molecule has 3 heterocycles. The van der Waals surface area contributed by atoms with Gasteiger partial charge in [0.1, 0.15) is 45.3 Å². The highest BCUT2D eigenvalue weighted by molar-refractivity contribution is 6.68. The quantitative estimate of drug-likeness (QED) is 0.256. The van der Waals surface area contributed by atoms with Gasteiger partial charge in [0.2, 0.25) is 0 Å². The predicted molar refractivity (Wildman–Crippen MR) is 250 cm³/mol. The minimum atomic E-state index is 0.520. The zero-order valence-corrected chi connectivity index (χ0v) is 32.5.